The Hall–Kier alpha value is -1.54. The Morgan fingerprint density at radius 3 is 2.24 bits per heavy atom. The van der Waals surface area contributed by atoms with Gasteiger partial charge in [-0.2, -0.15) is 0 Å². The molecule has 0 radical (unpaired) electrons. The molecule has 2 heteroatoms. The molecule has 2 nitrogen and oxygen atoms in total. The van der Waals surface area contributed by atoms with Crippen molar-refractivity contribution in [2.45, 2.75) is 32.3 Å². The summed E-state index contributed by atoms with van der Waals surface area (Å²) >= 11 is 0. The highest BCUT2D eigenvalue weighted by molar-refractivity contribution is 5.27. The Bertz CT molecular complexity index is 440. The molecule has 0 bridgehead atoms. The summed E-state index contributed by atoms with van der Waals surface area (Å²) in [6, 6.07) is 10.0. The molecule has 1 unspecified atom stereocenters. The zero-order chi connectivity index (χ0) is 12.3. The highest BCUT2D eigenvalue weighted by Gasteiger charge is 2.09. The Labute approximate surface area is 102 Å². The summed E-state index contributed by atoms with van der Waals surface area (Å²) in [5, 5.41) is 10.1. The van der Waals surface area contributed by atoms with Crippen LogP contribution >= 0.6 is 0 Å². The van der Waals surface area contributed by atoms with Crippen molar-refractivity contribution in [1.29, 1.82) is 0 Å². The van der Waals surface area contributed by atoms with E-state index in [2.05, 4.69) is 26.0 Å². The van der Waals surface area contributed by atoms with Gasteiger partial charge in [0.25, 0.3) is 0 Å². The topological polar surface area (TPSA) is 33.4 Å². The van der Waals surface area contributed by atoms with Gasteiger partial charge >= 0.3 is 0 Å². The van der Waals surface area contributed by atoms with Crippen LogP contribution in [0.3, 0.4) is 0 Å². The number of rotatable bonds is 4. The van der Waals surface area contributed by atoms with Crippen molar-refractivity contribution in [2.75, 3.05) is 0 Å². The maximum Gasteiger partial charge on any atom is 0.0935 e. The van der Waals surface area contributed by atoms with Crippen molar-refractivity contribution in [1.82, 2.24) is 0 Å². The molecule has 0 saturated carbocycles. The molecule has 2 rings (SSSR count). The summed E-state index contributed by atoms with van der Waals surface area (Å²) in [7, 11) is 0. The fraction of sp³-hybridized carbons (Fsp3) is 0.333. The van der Waals surface area contributed by atoms with Crippen molar-refractivity contribution in [2.24, 2.45) is 0 Å². The van der Waals surface area contributed by atoms with Crippen LogP contribution in [-0.2, 0) is 6.42 Å². The molecule has 0 amide bonds. The SMILES string of the molecule is CC(C)c1ccc(C(O)Cc2ccoc2)cc1. The lowest BCUT2D eigenvalue weighted by Crippen LogP contribution is -2.01. The van der Waals surface area contributed by atoms with E-state index in [1.54, 1.807) is 12.5 Å². The van der Waals surface area contributed by atoms with E-state index in [4.69, 9.17) is 4.42 Å². The van der Waals surface area contributed by atoms with E-state index in [1.807, 2.05) is 18.2 Å². The van der Waals surface area contributed by atoms with Crippen LogP contribution < -0.4 is 0 Å². The van der Waals surface area contributed by atoms with E-state index in [0.29, 0.717) is 12.3 Å². The number of hydrogen-bond donors (Lipinski definition) is 1. The molecule has 90 valence electrons. The second kappa shape index (κ2) is 5.19. The number of hydrogen-bond acceptors (Lipinski definition) is 2. The van der Waals surface area contributed by atoms with Crippen LogP contribution in [0.15, 0.2) is 47.3 Å². The van der Waals surface area contributed by atoms with Crippen molar-refractivity contribution >= 4 is 0 Å². The van der Waals surface area contributed by atoms with Gasteiger partial charge in [0.15, 0.2) is 0 Å². The van der Waals surface area contributed by atoms with Crippen LogP contribution in [0.2, 0.25) is 0 Å². The second-order valence-corrected chi connectivity index (χ2v) is 4.67. The molecule has 0 aliphatic carbocycles. The van der Waals surface area contributed by atoms with Gasteiger partial charge in [-0.25, -0.2) is 0 Å². The molecule has 1 N–H and O–H groups in total. The van der Waals surface area contributed by atoms with Crippen molar-refractivity contribution in [3.63, 3.8) is 0 Å². The van der Waals surface area contributed by atoms with Crippen molar-refractivity contribution in [3.8, 4) is 0 Å². The van der Waals surface area contributed by atoms with E-state index in [-0.39, 0.29) is 0 Å². The van der Waals surface area contributed by atoms with E-state index in [1.165, 1.54) is 5.56 Å². The first-order chi connectivity index (χ1) is 8.16. The maximum absolute atomic E-state index is 10.1. The molecule has 1 aromatic heterocycles. The molecule has 17 heavy (non-hydrogen) atoms. The molecule has 0 saturated heterocycles. The van der Waals surface area contributed by atoms with Crippen LogP contribution in [0.5, 0.6) is 0 Å². The van der Waals surface area contributed by atoms with Gasteiger partial charge in [0.05, 0.1) is 18.6 Å². The van der Waals surface area contributed by atoms with Gasteiger partial charge in [0.1, 0.15) is 0 Å². The molecule has 1 atom stereocenters. The first kappa shape index (κ1) is 11.9. The minimum Gasteiger partial charge on any atom is -0.472 e. The molecule has 0 fully saturated rings. The second-order valence-electron chi connectivity index (χ2n) is 4.67. The zero-order valence-electron chi connectivity index (χ0n) is 10.3. The Kier molecular flexibility index (Phi) is 3.64. The van der Waals surface area contributed by atoms with Crippen LogP contribution in [0.25, 0.3) is 0 Å². The van der Waals surface area contributed by atoms with E-state index in [9.17, 15) is 5.11 Å². The average Bonchev–Trinajstić information content (AvgIpc) is 2.82. The lowest BCUT2D eigenvalue weighted by Gasteiger charge is -2.11. The number of furan rings is 1. The van der Waals surface area contributed by atoms with Gasteiger partial charge in [-0.05, 0) is 28.7 Å². The summed E-state index contributed by atoms with van der Waals surface area (Å²) < 4.78 is 4.99. The third-order valence-corrected chi connectivity index (χ3v) is 3.00. The van der Waals surface area contributed by atoms with Gasteiger partial charge in [-0.15, -0.1) is 0 Å². The van der Waals surface area contributed by atoms with E-state index >= 15 is 0 Å². The lowest BCUT2D eigenvalue weighted by molar-refractivity contribution is 0.178. The molecule has 0 aliphatic heterocycles. The maximum atomic E-state index is 10.1. The van der Waals surface area contributed by atoms with Gasteiger partial charge in [0.2, 0.25) is 0 Å². The quantitative estimate of drug-likeness (QED) is 0.869. The van der Waals surface area contributed by atoms with Crippen molar-refractivity contribution < 1.29 is 9.52 Å². The van der Waals surface area contributed by atoms with Crippen LogP contribution in [0, 0.1) is 0 Å². The zero-order valence-corrected chi connectivity index (χ0v) is 10.3. The summed E-state index contributed by atoms with van der Waals surface area (Å²) in [5.74, 6) is 0.523. The van der Waals surface area contributed by atoms with Crippen LogP contribution in [0.4, 0.5) is 0 Å². The van der Waals surface area contributed by atoms with E-state index in [0.717, 1.165) is 11.1 Å². The average molecular weight is 230 g/mol. The first-order valence-electron chi connectivity index (χ1n) is 5.96. The Morgan fingerprint density at radius 1 is 1.06 bits per heavy atom. The van der Waals surface area contributed by atoms with Gasteiger partial charge in [0, 0.05) is 6.42 Å². The largest absolute Gasteiger partial charge is 0.472 e. The first-order valence-corrected chi connectivity index (χ1v) is 5.96. The fourth-order valence-electron chi connectivity index (χ4n) is 1.85. The third-order valence-electron chi connectivity index (χ3n) is 3.00. The molecular formula is C15H18O2. The van der Waals surface area contributed by atoms with Crippen molar-refractivity contribution in [3.05, 3.63) is 59.5 Å². The third kappa shape index (κ3) is 2.98. The summed E-state index contributed by atoms with van der Waals surface area (Å²) in [6.07, 6.45) is 3.43. The van der Waals surface area contributed by atoms with Gasteiger partial charge in [-0.3, -0.25) is 0 Å². The molecule has 1 aromatic carbocycles. The molecule has 1 heterocycles. The predicted octanol–water partition coefficient (Wildman–Crippen LogP) is 3.68. The number of aliphatic hydroxyl groups excluding tert-OH is 1. The van der Waals surface area contributed by atoms with Crippen LogP contribution in [-0.4, -0.2) is 5.11 Å². The molecule has 0 spiro atoms. The minimum atomic E-state index is -0.464. The number of aliphatic hydroxyl groups is 1. The Morgan fingerprint density at radius 2 is 1.71 bits per heavy atom. The summed E-state index contributed by atoms with van der Waals surface area (Å²) in [6.45, 7) is 4.33. The monoisotopic (exact) mass is 230 g/mol. The fourth-order valence-corrected chi connectivity index (χ4v) is 1.85. The summed E-state index contributed by atoms with van der Waals surface area (Å²) in [4.78, 5) is 0. The molecular weight excluding hydrogens is 212 g/mol. The normalized spacial score (nSPS) is 12.9. The van der Waals surface area contributed by atoms with Gasteiger partial charge in [-0.1, -0.05) is 38.1 Å². The minimum absolute atomic E-state index is 0.464. The smallest absolute Gasteiger partial charge is 0.0935 e. The standard InChI is InChI=1S/C15H18O2/c1-11(2)13-3-5-14(6-4-13)15(16)9-12-7-8-17-10-12/h3-8,10-11,15-16H,9H2,1-2H3. The molecule has 0 aliphatic rings. The summed E-state index contributed by atoms with van der Waals surface area (Å²) in [5.41, 5.74) is 3.27. The van der Waals surface area contributed by atoms with Gasteiger partial charge < -0.3 is 9.52 Å². The Balaban J connectivity index is 2.06. The molecule has 2 aromatic rings. The highest BCUT2D eigenvalue weighted by Crippen LogP contribution is 2.21. The lowest BCUT2D eigenvalue weighted by atomic mass is 9.98. The van der Waals surface area contributed by atoms with E-state index < -0.39 is 6.10 Å². The predicted molar refractivity (Wildman–Crippen MR) is 67.9 cm³/mol. The number of benzene rings is 1. The van der Waals surface area contributed by atoms with Crippen LogP contribution in [0.1, 0.15) is 42.6 Å². The highest BCUT2D eigenvalue weighted by atomic mass is 16.3.